The van der Waals surface area contributed by atoms with Crippen molar-refractivity contribution in [3.05, 3.63) is 12.7 Å². The zero-order valence-electron chi connectivity index (χ0n) is 10.5. The van der Waals surface area contributed by atoms with Gasteiger partial charge in [-0.1, -0.05) is 6.08 Å². The number of aliphatic hydroxyl groups excluding tert-OH is 1. The highest BCUT2D eigenvalue weighted by molar-refractivity contribution is 5.82. The summed E-state index contributed by atoms with van der Waals surface area (Å²) in [5.41, 5.74) is 0. The summed E-state index contributed by atoms with van der Waals surface area (Å²) in [6, 6.07) is -1.35. The van der Waals surface area contributed by atoms with E-state index in [1.807, 2.05) is 0 Å². The van der Waals surface area contributed by atoms with Crippen LogP contribution in [0.4, 0.5) is 4.79 Å². The smallest absolute Gasteiger partial charge is 0.326 e. The fourth-order valence-electron chi connectivity index (χ4n) is 1.97. The molecule has 0 aromatic heterocycles. The number of rotatable bonds is 6. The van der Waals surface area contributed by atoms with Gasteiger partial charge in [0.1, 0.15) is 6.04 Å². The number of hydrogen-bond donors (Lipinski definition) is 3. The molecule has 0 aromatic rings. The van der Waals surface area contributed by atoms with Gasteiger partial charge in [0.05, 0.1) is 6.10 Å². The summed E-state index contributed by atoms with van der Waals surface area (Å²) < 4.78 is 0. The Morgan fingerprint density at radius 2 is 2.17 bits per heavy atom. The third-order valence-electron chi connectivity index (χ3n) is 3.09. The molecule has 1 saturated carbocycles. The lowest BCUT2D eigenvalue weighted by atomic mass is 9.82. The number of hydrogen-bond acceptors (Lipinski definition) is 3. The second kappa shape index (κ2) is 6.39. The van der Waals surface area contributed by atoms with Crippen LogP contribution in [0.25, 0.3) is 0 Å². The maximum atomic E-state index is 11.7. The van der Waals surface area contributed by atoms with Crippen LogP contribution in [-0.4, -0.2) is 52.9 Å². The van der Waals surface area contributed by atoms with Gasteiger partial charge in [0.15, 0.2) is 0 Å². The third-order valence-corrected chi connectivity index (χ3v) is 3.09. The van der Waals surface area contributed by atoms with Gasteiger partial charge in [-0.15, -0.1) is 6.58 Å². The molecule has 1 rings (SSSR count). The number of carboxylic acids is 1. The number of aliphatic carboxylic acids is 1. The minimum atomic E-state index is -1.07. The highest BCUT2D eigenvalue weighted by atomic mass is 16.4. The van der Waals surface area contributed by atoms with E-state index in [9.17, 15) is 9.59 Å². The fraction of sp³-hybridized carbons (Fsp3) is 0.667. The van der Waals surface area contributed by atoms with E-state index in [1.54, 1.807) is 7.05 Å². The topological polar surface area (TPSA) is 89.9 Å². The fourth-order valence-corrected chi connectivity index (χ4v) is 1.97. The first-order chi connectivity index (χ1) is 8.43. The molecule has 102 valence electrons. The van der Waals surface area contributed by atoms with E-state index in [1.165, 1.54) is 11.0 Å². The van der Waals surface area contributed by atoms with Crippen molar-refractivity contribution < 1.29 is 19.8 Å². The molecule has 1 atom stereocenters. The molecule has 1 fully saturated rings. The largest absolute Gasteiger partial charge is 0.480 e. The lowest BCUT2D eigenvalue weighted by Crippen LogP contribution is -2.49. The van der Waals surface area contributed by atoms with Crippen LogP contribution in [0.2, 0.25) is 0 Å². The standard InChI is InChI=1S/C12H20N2O4/c1-3-4-10(11(16)17)13-12(18)14(2)7-8-5-9(15)6-8/h3,8-10,15H,1,4-7H2,2H3,(H,13,18)(H,16,17). The molecule has 3 N–H and O–H groups in total. The minimum absolute atomic E-state index is 0.192. The Morgan fingerprint density at radius 3 is 2.61 bits per heavy atom. The number of urea groups is 1. The van der Waals surface area contributed by atoms with Crippen LogP contribution in [0, 0.1) is 5.92 Å². The van der Waals surface area contributed by atoms with E-state index < -0.39 is 18.0 Å². The van der Waals surface area contributed by atoms with Crippen LogP contribution >= 0.6 is 0 Å². The van der Waals surface area contributed by atoms with Crippen molar-refractivity contribution in [2.24, 2.45) is 5.92 Å². The number of nitrogens with one attached hydrogen (secondary N) is 1. The average Bonchev–Trinajstić information content (AvgIpc) is 2.25. The summed E-state index contributed by atoms with van der Waals surface area (Å²) in [6.45, 7) is 3.99. The van der Waals surface area contributed by atoms with Crippen molar-refractivity contribution in [1.29, 1.82) is 0 Å². The second-order valence-corrected chi connectivity index (χ2v) is 4.74. The Morgan fingerprint density at radius 1 is 1.56 bits per heavy atom. The lowest BCUT2D eigenvalue weighted by Gasteiger charge is -2.34. The highest BCUT2D eigenvalue weighted by Gasteiger charge is 2.29. The van der Waals surface area contributed by atoms with Crippen molar-refractivity contribution in [3.8, 4) is 0 Å². The number of nitrogens with zero attached hydrogens (tertiary/aromatic N) is 1. The van der Waals surface area contributed by atoms with Crippen LogP contribution in [0.1, 0.15) is 19.3 Å². The van der Waals surface area contributed by atoms with Crippen LogP contribution < -0.4 is 5.32 Å². The first-order valence-corrected chi connectivity index (χ1v) is 5.97. The first kappa shape index (κ1) is 14.5. The number of carbonyl (C=O) groups excluding carboxylic acids is 1. The SMILES string of the molecule is C=CCC(NC(=O)N(C)CC1CC(O)C1)C(=O)O. The van der Waals surface area contributed by atoms with Gasteiger partial charge in [-0.05, 0) is 25.2 Å². The van der Waals surface area contributed by atoms with Gasteiger partial charge in [-0.2, -0.15) is 0 Å². The summed E-state index contributed by atoms with van der Waals surface area (Å²) in [5.74, 6) is -0.769. The summed E-state index contributed by atoms with van der Waals surface area (Å²) in [4.78, 5) is 24.1. The molecule has 1 unspecified atom stereocenters. The molecule has 1 aliphatic carbocycles. The molecule has 0 radical (unpaired) electrons. The van der Waals surface area contributed by atoms with Crippen LogP contribution in [0.5, 0.6) is 0 Å². The van der Waals surface area contributed by atoms with Gasteiger partial charge >= 0.3 is 12.0 Å². The Balaban J connectivity index is 2.37. The maximum absolute atomic E-state index is 11.7. The van der Waals surface area contributed by atoms with Crippen LogP contribution in [-0.2, 0) is 4.79 Å². The molecule has 0 aliphatic heterocycles. The molecule has 6 nitrogen and oxygen atoms in total. The quantitative estimate of drug-likeness (QED) is 0.601. The zero-order chi connectivity index (χ0) is 13.7. The van der Waals surface area contributed by atoms with Crippen molar-refractivity contribution in [2.45, 2.75) is 31.4 Å². The van der Waals surface area contributed by atoms with Gasteiger partial charge in [0, 0.05) is 13.6 Å². The number of carboxylic acid groups (broad SMARTS) is 1. The lowest BCUT2D eigenvalue weighted by molar-refractivity contribution is -0.139. The van der Waals surface area contributed by atoms with Crippen molar-refractivity contribution >= 4 is 12.0 Å². The normalized spacial score (nSPS) is 23.7. The molecule has 2 amide bonds. The van der Waals surface area contributed by atoms with Crippen LogP contribution in [0.3, 0.4) is 0 Å². The van der Waals surface area contributed by atoms with E-state index in [-0.39, 0.29) is 12.5 Å². The van der Waals surface area contributed by atoms with Crippen molar-refractivity contribution in [1.82, 2.24) is 10.2 Å². The molecule has 0 spiro atoms. The predicted octanol–water partition coefficient (Wildman–Crippen LogP) is 0.428. The molecular weight excluding hydrogens is 236 g/mol. The predicted molar refractivity (Wildman–Crippen MR) is 66.1 cm³/mol. The van der Waals surface area contributed by atoms with Gasteiger partial charge < -0.3 is 20.4 Å². The maximum Gasteiger partial charge on any atom is 0.326 e. The molecular formula is C12H20N2O4. The number of aliphatic hydroxyl groups is 1. The van der Waals surface area contributed by atoms with E-state index in [2.05, 4.69) is 11.9 Å². The number of carbonyl (C=O) groups is 2. The Hall–Kier alpha value is -1.56. The molecule has 0 bridgehead atoms. The molecule has 0 saturated heterocycles. The Kier molecular flexibility index (Phi) is 5.15. The molecule has 0 aromatic carbocycles. The summed E-state index contributed by atoms with van der Waals surface area (Å²) in [6.07, 6.45) is 2.80. The minimum Gasteiger partial charge on any atom is -0.480 e. The summed E-state index contributed by atoms with van der Waals surface area (Å²) >= 11 is 0. The highest BCUT2D eigenvalue weighted by Crippen LogP contribution is 2.27. The third kappa shape index (κ3) is 4.03. The van der Waals surface area contributed by atoms with E-state index in [0.717, 1.165) is 0 Å². The Bertz CT molecular complexity index is 326. The van der Waals surface area contributed by atoms with Gasteiger partial charge in [0.25, 0.3) is 0 Å². The van der Waals surface area contributed by atoms with Gasteiger partial charge in [0.2, 0.25) is 0 Å². The van der Waals surface area contributed by atoms with E-state index in [0.29, 0.717) is 25.3 Å². The van der Waals surface area contributed by atoms with Gasteiger partial charge in [-0.3, -0.25) is 0 Å². The summed E-state index contributed by atoms with van der Waals surface area (Å²) in [5, 5.41) is 20.5. The van der Waals surface area contributed by atoms with Gasteiger partial charge in [-0.25, -0.2) is 9.59 Å². The second-order valence-electron chi connectivity index (χ2n) is 4.74. The molecule has 1 aliphatic rings. The van der Waals surface area contributed by atoms with Crippen molar-refractivity contribution in [3.63, 3.8) is 0 Å². The zero-order valence-corrected chi connectivity index (χ0v) is 10.5. The molecule has 0 heterocycles. The van der Waals surface area contributed by atoms with E-state index >= 15 is 0 Å². The first-order valence-electron chi connectivity index (χ1n) is 5.97. The van der Waals surface area contributed by atoms with Crippen LogP contribution in [0.15, 0.2) is 12.7 Å². The Labute approximate surface area is 106 Å². The summed E-state index contributed by atoms with van der Waals surface area (Å²) in [7, 11) is 1.62. The average molecular weight is 256 g/mol. The molecule has 6 heteroatoms. The van der Waals surface area contributed by atoms with E-state index in [4.69, 9.17) is 10.2 Å². The molecule has 18 heavy (non-hydrogen) atoms. The monoisotopic (exact) mass is 256 g/mol. The number of amides is 2. The van der Waals surface area contributed by atoms with Crippen molar-refractivity contribution in [2.75, 3.05) is 13.6 Å².